The van der Waals surface area contributed by atoms with E-state index in [-0.39, 0.29) is 5.91 Å². The summed E-state index contributed by atoms with van der Waals surface area (Å²) in [6.45, 7) is 6.15. The van der Waals surface area contributed by atoms with E-state index in [4.69, 9.17) is 13.9 Å². The van der Waals surface area contributed by atoms with Crippen LogP contribution < -0.4 is 9.47 Å². The lowest BCUT2D eigenvalue weighted by molar-refractivity contribution is -0.125. The largest absolute Gasteiger partial charge is 0.497 e. The monoisotopic (exact) mass is 433 g/mol. The van der Waals surface area contributed by atoms with Crippen LogP contribution in [-0.4, -0.2) is 37.6 Å². The quantitative estimate of drug-likeness (QED) is 0.427. The summed E-state index contributed by atoms with van der Waals surface area (Å²) in [5, 5.41) is 0.989. The number of carbonyl (C=O) groups is 1. The Balaban J connectivity index is 1.72. The molecule has 32 heavy (non-hydrogen) atoms. The van der Waals surface area contributed by atoms with Crippen molar-refractivity contribution in [3.63, 3.8) is 0 Å². The summed E-state index contributed by atoms with van der Waals surface area (Å²) >= 11 is 0. The van der Waals surface area contributed by atoms with Gasteiger partial charge in [0.25, 0.3) is 0 Å². The molecule has 5 nitrogen and oxygen atoms in total. The first-order valence-corrected chi connectivity index (χ1v) is 11.4. The van der Waals surface area contributed by atoms with E-state index in [1.165, 1.54) is 12.8 Å². The van der Waals surface area contributed by atoms with Gasteiger partial charge >= 0.3 is 0 Å². The summed E-state index contributed by atoms with van der Waals surface area (Å²) < 4.78 is 17.1. The van der Waals surface area contributed by atoms with Crippen LogP contribution >= 0.6 is 0 Å². The van der Waals surface area contributed by atoms with E-state index in [9.17, 15) is 4.79 Å². The number of likely N-dealkylation sites (tertiary alicyclic amines) is 1. The molecule has 0 radical (unpaired) electrons. The van der Waals surface area contributed by atoms with Crippen molar-refractivity contribution < 1.29 is 18.7 Å². The molecule has 1 aromatic heterocycles. The lowest BCUT2D eigenvalue weighted by atomic mass is 9.99. The number of rotatable bonds is 6. The Morgan fingerprint density at radius 3 is 2.47 bits per heavy atom. The molecule has 1 aliphatic heterocycles. The average Bonchev–Trinajstić information content (AvgIpc) is 3.02. The van der Waals surface area contributed by atoms with E-state index >= 15 is 0 Å². The first-order valence-electron chi connectivity index (χ1n) is 11.4. The van der Waals surface area contributed by atoms with Gasteiger partial charge in [-0.1, -0.05) is 25.0 Å². The van der Waals surface area contributed by atoms with Gasteiger partial charge in [-0.3, -0.25) is 4.79 Å². The van der Waals surface area contributed by atoms with Crippen LogP contribution in [0.2, 0.25) is 0 Å². The third kappa shape index (κ3) is 4.67. The summed E-state index contributed by atoms with van der Waals surface area (Å²) in [6.07, 6.45) is 8.08. The van der Waals surface area contributed by atoms with E-state index in [0.29, 0.717) is 6.61 Å². The number of allylic oxidation sites excluding steroid dienone is 1. The minimum absolute atomic E-state index is 0.0783. The Morgan fingerprint density at radius 1 is 1.09 bits per heavy atom. The molecule has 4 rings (SSSR count). The molecule has 0 atom stereocenters. The normalized spacial score (nSPS) is 15.0. The molecular weight excluding hydrogens is 402 g/mol. The Hall–Kier alpha value is -3.21. The molecule has 5 heteroatoms. The van der Waals surface area contributed by atoms with Crippen LogP contribution in [0.4, 0.5) is 0 Å². The summed E-state index contributed by atoms with van der Waals surface area (Å²) in [5.74, 6) is 1.62. The van der Waals surface area contributed by atoms with E-state index in [0.717, 1.165) is 70.7 Å². The minimum atomic E-state index is 0.0783. The lowest BCUT2D eigenvalue weighted by Gasteiger charge is -2.19. The van der Waals surface area contributed by atoms with Gasteiger partial charge in [-0.2, -0.15) is 0 Å². The zero-order chi connectivity index (χ0) is 22.5. The molecule has 1 amide bonds. The van der Waals surface area contributed by atoms with E-state index in [1.807, 2.05) is 49.1 Å². The highest BCUT2D eigenvalue weighted by atomic mass is 16.5. The maximum absolute atomic E-state index is 12.9. The molecule has 0 aliphatic carbocycles. The third-order valence-electron chi connectivity index (χ3n) is 6.06. The fourth-order valence-corrected chi connectivity index (χ4v) is 4.28. The zero-order valence-electron chi connectivity index (χ0n) is 19.1. The second-order valence-electron chi connectivity index (χ2n) is 8.22. The number of hydrogen-bond acceptors (Lipinski definition) is 4. The van der Waals surface area contributed by atoms with Gasteiger partial charge < -0.3 is 18.8 Å². The number of ether oxygens (including phenoxy) is 2. The van der Waals surface area contributed by atoms with Gasteiger partial charge in [-0.05, 0) is 56.0 Å². The fourth-order valence-electron chi connectivity index (χ4n) is 4.28. The van der Waals surface area contributed by atoms with Crippen molar-refractivity contribution in [1.29, 1.82) is 0 Å². The van der Waals surface area contributed by atoms with Crippen molar-refractivity contribution in [2.75, 3.05) is 26.8 Å². The van der Waals surface area contributed by atoms with Crippen molar-refractivity contribution in [2.24, 2.45) is 0 Å². The first-order chi connectivity index (χ1) is 15.6. The topological polar surface area (TPSA) is 51.9 Å². The summed E-state index contributed by atoms with van der Waals surface area (Å²) in [5.41, 5.74) is 4.61. The molecular formula is C27H31NO4. The van der Waals surface area contributed by atoms with E-state index in [2.05, 4.69) is 6.07 Å². The maximum Gasteiger partial charge on any atom is 0.246 e. The van der Waals surface area contributed by atoms with Crippen LogP contribution in [0, 0.1) is 0 Å². The van der Waals surface area contributed by atoms with Crippen LogP contribution in [-0.2, 0) is 4.79 Å². The number of furan rings is 1. The highest BCUT2D eigenvalue weighted by Gasteiger charge is 2.18. The molecule has 3 aromatic rings. The summed E-state index contributed by atoms with van der Waals surface area (Å²) in [7, 11) is 1.66. The highest BCUT2D eigenvalue weighted by Crippen LogP contribution is 2.38. The zero-order valence-corrected chi connectivity index (χ0v) is 19.1. The van der Waals surface area contributed by atoms with Crippen LogP contribution in [0.1, 0.15) is 45.1 Å². The molecule has 168 valence electrons. The van der Waals surface area contributed by atoms with Crippen LogP contribution in [0.3, 0.4) is 0 Å². The Morgan fingerprint density at radius 2 is 1.81 bits per heavy atom. The predicted octanol–water partition coefficient (Wildman–Crippen LogP) is 6.31. The number of nitrogens with zero attached hydrogens (tertiary/aromatic N) is 1. The van der Waals surface area contributed by atoms with Crippen LogP contribution in [0.15, 0.2) is 53.2 Å². The van der Waals surface area contributed by atoms with Crippen molar-refractivity contribution in [3.8, 4) is 22.6 Å². The van der Waals surface area contributed by atoms with Gasteiger partial charge in [0.05, 0.1) is 20.0 Å². The second kappa shape index (κ2) is 9.94. The maximum atomic E-state index is 12.9. The molecule has 2 aromatic carbocycles. The van der Waals surface area contributed by atoms with E-state index < -0.39 is 0 Å². The van der Waals surface area contributed by atoms with Crippen molar-refractivity contribution in [2.45, 2.75) is 39.5 Å². The molecule has 0 bridgehead atoms. The number of amides is 1. The van der Waals surface area contributed by atoms with Gasteiger partial charge in [-0.15, -0.1) is 0 Å². The van der Waals surface area contributed by atoms with E-state index in [1.54, 1.807) is 19.4 Å². The second-order valence-corrected chi connectivity index (χ2v) is 8.22. The average molecular weight is 434 g/mol. The van der Waals surface area contributed by atoms with Crippen LogP contribution in [0.25, 0.3) is 27.7 Å². The van der Waals surface area contributed by atoms with Gasteiger partial charge in [0, 0.05) is 41.7 Å². The van der Waals surface area contributed by atoms with Crippen molar-refractivity contribution in [3.05, 3.63) is 54.3 Å². The molecule has 0 saturated carbocycles. The molecule has 0 N–H and O–H groups in total. The smallest absolute Gasteiger partial charge is 0.246 e. The fraction of sp³-hybridized carbons (Fsp3) is 0.370. The first kappa shape index (κ1) is 22.0. The Kier molecular flexibility index (Phi) is 6.84. The molecule has 0 unspecified atom stereocenters. The van der Waals surface area contributed by atoms with Crippen LogP contribution in [0.5, 0.6) is 11.5 Å². The van der Waals surface area contributed by atoms with Crippen molar-refractivity contribution >= 4 is 22.4 Å². The van der Waals surface area contributed by atoms with Gasteiger partial charge in [0.2, 0.25) is 5.91 Å². The molecule has 1 fully saturated rings. The minimum Gasteiger partial charge on any atom is -0.497 e. The third-order valence-corrected chi connectivity index (χ3v) is 6.06. The summed E-state index contributed by atoms with van der Waals surface area (Å²) in [6, 6.07) is 11.9. The standard InChI is InChI=1S/C27H31NO4/c1-4-31-25-17-26-23(24(18-32-26)20-9-11-21(30-3)12-10-20)16-22(25)19(2)15-27(29)28-13-7-5-6-8-14-28/h9-12,15-18H,4-8,13-14H2,1-3H3/b19-15+. The number of hydrogen-bond donors (Lipinski definition) is 0. The molecule has 1 saturated heterocycles. The SMILES string of the molecule is CCOc1cc2occ(-c3ccc(OC)cc3)c2cc1/C(C)=C/C(=O)N1CCCCCC1. The number of methoxy groups -OCH3 is 1. The number of benzene rings is 2. The summed E-state index contributed by atoms with van der Waals surface area (Å²) in [4.78, 5) is 14.9. The number of fused-ring (bicyclic) bond motifs is 1. The molecule has 2 heterocycles. The van der Waals surface area contributed by atoms with Gasteiger partial charge in [0.15, 0.2) is 0 Å². The molecule has 0 spiro atoms. The van der Waals surface area contributed by atoms with Gasteiger partial charge in [0.1, 0.15) is 17.1 Å². The Labute approximate surface area is 189 Å². The number of carbonyl (C=O) groups excluding carboxylic acids is 1. The van der Waals surface area contributed by atoms with Gasteiger partial charge in [-0.25, -0.2) is 0 Å². The highest BCUT2D eigenvalue weighted by molar-refractivity contribution is 6.00. The van der Waals surface area contributed by atoms with Crippen molar-refractivity contribution in [1.82, 2.24) is 4.90 Å². The predicted molar refractivity (Wildman–Crippen MR) is 128 cm³/mol. The molecule has 1 aliphatic rings. The Bertz CT molecular complexity index is 1100. The lowest BCUT2D eigenvalue weighted by Crippen LogP contribution is -2.30.